The van der Waals surface area contributed by atoms with E-state index in [0.717, 1.165) is 24.2 Å². The summed E-state index contributed by atoms with van der Waals surface area (Å²) in [5, 5.41) is 7.22. The molecule has 0 spiro atoms. The normalized spacial score (nSPS) is 19.5. The summed E-state index contributed by atoms with van der Waals surface area (Å²) in [6, 6.07) is 2.03. The Hall–Kier alpha value is -1.36. The molecule has 94 valence electrons. The zero-order chi connectivity index (χ0) is 12.3. The van der Waals surface area contributed by atoms with Crippen molar-refractivity contribution in [1.82, 2.24) is 15.1 Å². The first kappa shape index (κ1) is 12.1. The maximum Gasteiger partial charge on any atom is 0.249 e. The van der Waals surface area contributed by atoms with Crippen molar-refractivity contribution in [3.8, 4) is 0 Å². The minimum atomic E-state index is -0.240. The zero-order valence-electron chi connectivity index (χ0n) is 10.4. The molecular weight excluding hydrogens is 218 g/mol. The fourth-order valence-corrected chi connectivity index (χ4v) is 2.08. The predicted molar refractivity (Wildman–Crippen MR) is 63.7 cm³/mol. The van der Waals surface area contributed by atoms with Gasteiger partial charge in [-0.3, -0.25) is 9.48 Å². The number of ether oxygens (including phenoxy) is 1. The van der Waals surface area contributed by atoms with Crippen LogP contribution < -0.4 is 5.32 Å². The van der Waals surface area contributed by atoms with Crippen molar-refractivity contribution < 1.29 is 9.53 Å². The predicted octanol–water partition coefficient (Wildman–Crippen LogP) is 0.795. The molecule has 5 heteroatoms. The summed E-state index contributed by atoms with van der Waals surface area (Å²) in [5.74, 6) is 0.00373. The summed E-state index contributed by atoms with van der Waals surface area (Å²) >= 11 is 0. The van der Waals surface area contributed by atoms with E-state index in [4.69, 9.17) is 4.74 Å². The van der Waals surface area contributed by atoms with E-state index in [-0.39, 0.29) is 12.0 Å². The van der Waals surface area contributed by atoms with Gasteiger partial charge in [-0.2, -0.15) is 5.10 Å². The maximum atomic E-state index is 11.7. The molecule has 5 nitrogen and oxygen atoms in total. The van der Waals surface area contributed by atoms with Gasteiger partial charge in [0.05, 0.1) is 12.2 Å². The van der Waals surface area contributed by atoms with E-state index in [2.05, 4.69) is 10.4 Å². The van der Waals surface area contributed by atoms with Gasteiger partial charge in [0.15, 0.2) is 0 Å². The number of amides is 1. The van der Waals surface area contributed by atoms with Crippen LogP contribution in [0.25, 0.3) is 0 Å². The molecular formula is C12H19N3O2. The molecule has 1 saturated heterocycles. The lowest BCUT2D eigenvalue weighted by Gasteiger charge is -2.10. The molecule has 2 rings (SSSR count). The third-order valence-corrected chi connectivity index (χ3v) is 2.95. The minimum absolute atomic E-state index is 0.00373. The monoisotopic (exact) mass is 237 g/mol. The third kappa shape index (κ3) is 3.06. The number of nitrogens with zero attached hydrogens (tertiary/aromatic N) is 2. The minimum Gasteiger partial charge on any atom is -0.368 e. The van der Waals surface area contributed by atoms with Crippen molar-refractivity contribution in [2.75, 3.05) is 13.2 Å². The summed E-state index contributed by atoms with van der Waals surface area (Å²) in [5.41, 5.74) is 2.13. The van der Waals surface area contributed by atoms with Gasteiger partial charge in [0.1, 0.15) is 6.10 Å². The number of carbonyl (C=O) groups is 1. The van der Waals surface area contributed by atoms with Crippen molar-refractivity contribution in [3.63, 3.8) is 0 Å². The highest BCUT2D eigenvalue weighted by Gasteiger charge is 2.22. The van der Waals surface area contributed by atoms with E-state index in [1.165, 1.54) is 0 Å². The molecule has 0 bridgehead atoms. The van der Waals surface area contributed by atoms with Crippen molar-refractivity contribution in [3.05, 3.63) is 17.5 Å². The van der Waals surface area contributed by atoms with Gasteiger partial charge >= 0.3 is 0 Å². The summed E-state index contributed by atoms with van der Waals surface area (Å²) in [6.07, 6.45) is 1.58. The number of aromatic nitrogens is 2. The van der Waals surface area contributed by atoms with Gasteiger partial charge in [0.2, 0.25) is 5.91 Å². The Morgan fingerprint density at radius 2 is 2.47 bits per heavy atom. The Kier molecular flexibility index (Phi) is 3.78. The highest BCUT2D eigenvalue weighted by atomic mass is 16.5. The Morgan fingerprint density at radius 3 is 3.06 bits per heavy atom. The first-order valence-corrected chi connectivity index (χ1v) is 6.07. The van der Waals surface area contributed by atoms with Crippen LogP contribution in [0.1, 0.15) is 24.2 Å². The Balaban J connectivity index is 1.75. The molecule has 0 aliphatic carbocycles. The van der Waals surface area contributed by atoms with E-state index in [1.54, 1.807) is 0 Å². The maximum absolute atomic E-state index is 11.7. The van der Waals surface area contributed by atoms with Crippen LogP contribution in [0.3, 0.4) is 0 Å². The molecule has 1 aromatic heterocycles. The number of hydrogen-bond donors (Lipinski definition) is 1. The topological polar surface area (TPSA) is 56.2 Å². The Morgan fingerprint density at radius 1 is 1.65 bits per heavy atom. The smallest absolute Gasteiger partial charge is 0.249 e. The summed E-state index contributed by atoms with van der Waals surface area (Å²) in [4.78, 5) is 11.7. The lowest BCUT2D eigenvalue weighted by Crippen LogP contribution is -2.36. The van der Waals surface area contributed by atoms with E-state index in [1.807, 2.05) is 24.6 Å². The lowest BCUT2D eigenvalue weighted by molar-refractivity contribution is -0.130. The molecule has 17 heavy (non-hydrogen) atoms. The van der Waals surface area contributed by atoms with Crippen LogP contribution in [-0.2, 0) is 16.1 Å². The van der Waals surface area contributed by atoms with Crippen LogP contribution in [0.15, 0.2) is 6.07 Å². The molecule has 0 aromatic carbocycles. The second-order valence-electron chi connectivity index (χ2n) is 4.44. The molecule has 1 aliphatic heterocycles. The van der Waals surface area contributed by atoms with Crippen LogP contribution in [0.2, 0.25) is 0 Å². The van der Waals surface area contributed by atoms with Gasteiger partial charge in [-0.25, -0.2) is 0 Å². The van der Waals surface area contributed by atoms with Crippen molar-refractivity contribution >= 4 is 5.91 Å². The van der Waals surface area contributed by atoms with E-state index in [0.29, 0.717) is 19.7 Å². The quantitative estimate of drug-likeness (QED) is 0.842. The Bertz CT molecular complexity index is 394. The van der Waals surface area contributed by atoms with Crippen LogP contribution in [0, 0.1) is 13.8 Å². The molecule has 1 atom stereocenters. The highest BCUT2D eigenvalue weighted by Crippen LogP contribution is 2.11. The second-order valence-corrected chi connectivity index (χ2v) is 4.44. The summed E-state index contributed by atoms with van der Waals surface area (Å²) in [7, 11) is 0. The highest BCUT2D eigenvalue weighted by molar-refractivity contribution is 5.80. The van der Waals surface area contributed by atoms with Crippen molar-refractivity contribution in [2.45, 2.75) is 39.3 Å². The van der Waals surface area contributed by atoms with Gasteiger partial charge < -0.3 is 10.1 Å². The summed E-state index contributed by atoms with van der Waals surface area (Å²) < 4.78 is 7.22. The van der Waals surface area contributed by atoms with Gasteiger partial charge in [-0.05, 0) is 32.8 Å². The van der Waals surface area contributed by atoms with Crippen LogP contribution in [0.4, 0.5) is 0 Å². The number of rotatable bonds is 4. The van der Waals surface area contributed by atoms with E-state index >= 15 is 0 Å². The van der Waals surface area contributed by atoms with Crippen LogP contribution in [-0.4, -0.2) is 34.9 Å². The molecule has 1 unspecified atom stereocenters. The van der Waals surface area contributed by atoms with Gasteiger partial charge in [0, 0.05) is 18.8 Å². The third-order valence-electron chi connectivity index (χ3n) is 2.95. The van der Waals surface area contributed by atoms with E-state index in [9.17, 15) is 4.79 Å². The van der Waals surface area contributed by atoms with Crippen LogP contribution >= 0.6 is 0 Å². The van der Waals surface area contributed by atoms with Gasteiger partial charge in [-0.15, -0.1) is 0 Å². The van der Waals surface area contributed by atoms with Crippen LogP contribution in [0.5, 0.6) is 0 Å². The average Bonchev–Trinajstić information content (AvgIpc) is 2.89. The first-order valence-electron chi connectivity index (χ1n) is 6.07. The fourth-order valence-electron chi connectivity index (χ4n) is 2.08. The molecule has 0 saturated carbocycles. The average molecular weight is 237 g/mol. The second kappa shape index (κ2) is 5.31. The first-order chi connectivity index (χ1) is 8.16. The van der Waals surface area contributed by atoms with Crippen molar-refractivity contribution in [1.29, 1.82) is 0 Å². The largest absolute Gasteiger partial charge is 0.368 e. The summed E-state index contributed by atoms with van der Waals surface area (Å²) in [6.45, 7) is 5.99. The molecule has 0 radical (unpaired) electrons. The standard InChI is InChI=1S/C12H19N3O2/c1-9-8-10(2)15(14-9)6-5-13-12(16)11-4-3-7-17-11/h8,11H,3-7H2,1-2H3,(H,13,16). The van der Waals surface area contributed by atoms with Gasteiger partial charge in [0.25, 0.3) is 0 Å². The SMILES string of the molecule is Cc1cc(C)n(CCNC(=O)C2CCCO2)n1. The lowest BCUT2D eigenvalue weighted by atomic mass is 10.2. The van der Waals surface area contributed by atoms with E-state index < -0.39 is 0 Å². The molecule has 1 fully saturated rings. The molecule has 1 aromatic rings. The molecule has 2 heterocycles. The number of nitrogens with one attached hydrogen (secondary N) is 1. The number of aryl methyl sites for hydroxylation is 2. The van der Waals surface area contributed by atoms with Gasteiger partial charge in [-0.1, -0.05) is 0 Å². The number of hydrogen-bond acceptors (Lipinski definition) is 3. The van der Waals surface area contributed by atoms with Crippen molar-refractivity contribution in [2.24, 2.45) is 0 Å². The molecule has 1 N–H and O–H groups in total. The number of carbonyl (C=O) groups excluding carboxylic acids is 1. The molecule has 1 aliphatic rings. The zero-order valence-corrected chi connectivity index (χ0v) is 10.4. The Labute approximate surface area is 101 Å². The fraction of sp³-hybridized carbons (Fsp3) is 0.667. The molecule has 1 amide bonds.